The number of carbonyl (C=O) groups is 1. The van der Waals surface area contributed by atoms with E-state index in [1.807, 2.05) is 18.2 Å². The van der Waals surface area contributed by atoms with Crippen molar-refractivity contribution in [3.8, 4) is 5.75 Å². The smallest absolute Gasteiger partial charge is 0.262 e. The Bertz CT molecular complexity index is 839. The van der Waals surface area contributed by atoms with E-state index in [9.17, 15) is 13.6 Å². The summed E-state index contributed by atoms with van der Waals surface area (Å²) in [5.74, 6) is 0.118. The molecule has 164 valence electrons. The zero-order valence-corrected chi connectivity index (χ0v) is 17.3. The lowest BCUT2D eigenvalue weighted by Gasteiger charge is -2.43. The number of halogens is 2. The number of rotatable bonds is 7. The molecule has 0 aromatic heterocycles. The molecular weight excluding hydrogens is 392 g/mol. The predicted molar refractivity (Wildman–Crippen MR) is 109 cm³/mol. The van der Waals surface area contributed by atoms with Crippen molar-refractivity contribution in [3.63, 3.8) is 0 Å². The second-order valence-corrected chi connectivity index (χ2v) is 8.52. The minimum absolute atomic E-state index is 0.107. The average Bonchev–Trinajstić information content (AvgIpc) is 3.12. The lowest BCUT2D eigenvalue weighted by atomic mass is 9.62. The third-order valence-corrected chi connectivity index (χ3v) is 6.77. The number of fused-ring (bicyclic) bond motifs is 3. The number of methoxy groups -OCH3 is 1. The molecule has 1 saturated carbocycles. The third kappa shape index (κ3) is 3.25. The second kappa shape index (κ2) is 8.13. The van der Waals surface area contributed by atoms with Crippen molar-refractivity contribution in [2.24, 2.45) is 16.1 Å². The molecule has 6 nitrogen and oxygen atoms in total. The van der Waals surface area contributed by atoms with Crippen molar-refractivity contribution >= 4 is 11.9 Å². The van der Waals surface area contributed by atoms with Crippen LogP contribution in [-0.2, 0) is 21.5 Å². The summed E-state index contributed by atoms with van der Waals surface area (Å²) in [5, 5.41) is 0. The Kier molecular flexibility index (Phi) is 5.70. The fourth-order valence-corrected chi connectivity index (χ4v) is 5.49. The number of aliphatic imine (C=N–C) groups is 1. The number of benzene rings is 1. The molecule has 1 fully saturated rings. The van der Waals surface area contributed by atoms with Gasteiger partial charge in [0.05, 0.1) is 13.2 Å². The number of nitrogens with zero attached hydrogens (tertiary/aromatic N) is 2. The molecule has 2 N–H and O–H groups in total. The maximum absolute atomic E-state index is 13.7. The minimum Gasteiger partial charge on any atom is -0.493 e. The molecule has 0 bridgehead atoms. The number of nitrogens with two attached hydrogens (primary N) is 1. The van der Waals surface area contributed by atoms with Crippen molar-refractivity contribution in [3.05, 3.63) is 29.3 Å². The Balaban J connectivity index is 1.74. The first-order valence-electron chi connectivity index (χ1n) is 10.6. The quantitative estimate of drug-likeness (QED) is 0.686. The molecule has 30 heavy (non-hydrogen) atoms. The molecule has 1 unspecified atom stereocenters. The molecule has 1 aliphatic heterocycles. The van der Waals surface area contributed by atoms with E-state index in [0.717, 1.165) is 54.6 Å². The number of hydrogen-bond donors (Lipinski definition) is 1. The van der Waals surface area contributed by atoms with Crippen molar-refractivity contribution in [1.29, 1.82) is 0 Å². The summed E-state index contributed by atoms with van der Waals surface area (Å²) in [6.45, 7) is 0.357. The zero-order valence-electron chi connectivity index (χ0n) is 17.3. The van der Waals surface area contributed by atoms with Gasteiger partial charge in [0, 0.05) is 25.6 Å². The van der Waals surface area contributed by atoms with E-state index in [1.165, 1.54) is 0 Å². The first-order valence-corrected chi connectivity index (χ1v) is 10.6. The van der Waals surface area contributed by atoms with Gasteiger partial charge in [0.2, 0.25) is 0 Å². The summed E-state index contributed by atoms with van der Waals surface area (Å²) in [4.78, 5) is 19.3. The van der Waals surface area contributed by atoms with Gasteiger partial charge in [-0.1, -0.05) is 25.3 Å². The van der Waals surface area contributed by atoms with E-state index < -0.39 is 29.8 Å². The number of amides is 1. The molecule has 8 heteroatoms. The van der Waals surface area contributed by atoms with Crippen LogP contribution in [0.3, 0.4) is 0 Å². The largest absolute Gasteiger partial charge is 0.493 e. The lowest BCUT2D eigenvalue weighted by molar-refractivity contribution is -0.138. The first-order chi connectivity index (χ1) is 14.4. The molecule has 3 aliphatic rings. The van der Waals surface area contributed by atoms with Crippen LogP contribution >= 0.6 is 0 Å². The van der Waals surface area contributed by atoms with Gasteiger partial charge in [-0.15, -0.1) is 0 Å². The Morgan fingerprint density at radius 3 is 2.70 bits per heavy atom. The summed E-state index contributed by atoms with van der Waals surface area (Å²) < 4.78 is 37.3. The fourth-order valence-electron chi connectivity index (χ4n) is 5.49. The fraction of sp³-hybridized carbons (Fsp3) is 0.636. The highest BCUT2D eigenvalue weighted by Crippen LogP contribution is 2.62. The monoisotopic (exact) mass is 421 g/mol. The normalized spacial score (nSPS) is 24.7. The Labute approximate surface area is 175 Å². The summed E-state index contributed by atoms with van der Waals surface area (Å²) >= 11 is 0. The Morgan fingerprint density at radius 1 is 1.23 bits per heavy atom. The molecule has 2 spiro atoms. The van der Waals surface area contributed by atoms with E-state index >= 15 is 0 Å². The van der Waals surface area contributed by atoms with Gasteiger partial charge in [0.15, 0.2) is 11.5 Å². The highest BCUT2D eigenvalue weighted by Gasteiger charge is 2.66. The van der Waals surface area contributed by atoms with Crippen molar-refractivity contribution in [2.75, 3.05) is 26.9 Å². The van der Waals surface area contributed by atoms with Crippen LogP contribution in [0.25, 0.3) is 0 Å². The maximum Gasteiger partial charge on any atom is 0.262 e. The Morgan fingerprint density at radius 2 is 2.00 bits per heavy atom. The summed E-state index contributed by atoms with van der Waals surface area (Å²) in [6.07, 6.45) is 3.54. The van der Waals surface area contributed by atoms with E-state index in [-0.39, 0.29) is 5.96 Å². The zero-order chi connectivity index (χ0) is 21.4. The highest BCUT2D eigenvalue weighted by atomic mass is 19.3. The van der Waals surface area contributed by atoms with E-state index in [0.29, 0.717) is 25.4 Å². The number of ether oxygens (including phenoxy) is 2. The van der Waals surface area contributed by atoms with Crippen LogP contribution in [0.15, 0.2) is 23.2 Å². The Hall–Kier alpha value is -2.22. The van der Waals surface area contributed by atoms with Gasteiger partial charge in [0.1, 0.15) is 5.75 Å². The van der Waals surface area contributed by atoms with Gasteiger partial charge in [-0.25, -0.2) is 13.8 Å². The van der Waals surface area contributed by atoms with Gasteiger partial charge in [0.25, 0.3) is 12.3 Å². The van der Waals surface area contributed by atoms with Gasteiger partial charge in [-0.05, 0) is 42.5 Å². The highest BCUT2D eigenvalue weighted by molar-refractivity contribution is 6.08. The topological polar surface area (TPSA) is 77.2 Å². The van der Waals surface area contributed by atoms with Crippen LogP contribution in [0.5, 0.6) is 5.75 Å². The summed E-state index contributed by atoms with van der Waals surface area (Å²) in [5.41, 5.74) is 6.20. The molecule has 1 amide bonds. The number of alkyl halides is 2. The summed E-state index contributed by atoms with van der Waals surface area (Å²) in [7, 11) is 1.64. The molecule has 4 rings (SSSR count). The third-order valence-electron chi connectivity index (χ3n) is 6.77. The van der Waals surface area contributed by atoms with Crippen molar-refractivity contribution in [1.82, 2.24) is 4.90 Å². The molecule has 1 aromatic rings. The van der Waals surface area contributed by atoms with E-state index in [4.69, 9.17) is 15.2 Å². The van der Waals surface area contributed by atoms with Crippen LogP contribution < -0.4 is 10.5 Å². The van der Waals surface area contributed by atoms with Crippen molar-refractivity contribution < 1.29 is 23.0 Å². The van der Waals surface area contributed by atoms with Crippen LogP contribution in [0.4, 0.5) is 8.78 Å². The van der Waals surface area contributed by atoms with Crippen LogP contribution in [-0.4, -0.2) is 50.1 Å². The van der Waals surface area contributed by atoms with Gasteiger partial charge < -0.3 is 15.2 Å². The van der Waals surface area contributed by atoms with Gasteiger partial charge >= 0.3 is 0 Å². The molecule has 0 radical (unpaired) electrons. The molecule has 0 saturated heterocycles. The molecule has 1 aromatic carbocycles. The average molecular weight is 421 g/mol. The molecule has 1 atom stereocenters. The van der Waals surface area contributed by atoms with Crippen LogP contribution in [0.2, 0.25) is 0 Å². The standard InChI is InChI=1S/C22H29F2N3O3/c1-29-10-5-11-30-16-7-6-15-13-21(8-3-2-4-9-21)22(17(15)12-16)19(28)27(14-18(23)24)20(25)26-22/h6-7,12,18H,2-5,8-11,13-14H2,1H3,(H2,25,26). The lowest BCUT2D eigenvalue weighted by Crippen LogP contribution is -2.52. The number of guanidine groups is 1. The molecular formula is C22H29F2N3O3. The predicted octanol–water partition coefficient (Wildman–Crippen LogP) is 3.23. The van der Waals surface area contributed by atoms with Crippen LogP contribution in [0.1, 0.15) is 49.7 Å². The van der Waals surface area contributed by atoms with Gasteiger partial charge in [-0.3, -0.25) is 9.69 Å². The maximum atomic E-state index is 13.7. The van der Waals surface area contributed by atoms with Crippen LogP contribution in [0, 0.1) is 5.41 Å². The van der Waals surface area contributed by atoms with E-state index in [2.05, 4.69) is 4.99 Å². The van der Waals surface area contributed by atoms with E-state index in [1.54, 1.807) is 7.11 Å². The summed E-state index contributed by atoms with van der Waals surface area (Å²) in [6, 6.07) is 5.76. The number of carbonyl (C=O) groups excluding carboxylic acids is 1. The second-order valence-electron chi connectivity index (χ2n) is 8.52. The first kappa shape index (κ1) is 21.0. The number of hydrogen-bond acceptors (Lipinski definition) is 5. The van der Waals surface area contributed by atoms with Crippen molar-refractivity contribution in [2.45, 2.75) is 56.9 Å². The molecule has 1 heterocycles. The SMILES string of the molecule is COCCCOc1ccc2c(c1)C1(N=C(N)N(CC(F)F)C1=O)C1(CCCCC1)C2. The minimum atomic E-state index is -2.67. The molecule has 2 aliphatic carbocycles. The van der Waals surface area contributed by atoms with Gasteiger partial charge in [-0.2, -0.15) is 0 Å².